The van der Waals surface area contributed by atoms with Gasteiger partial charge in [0.15, 0.2) is 5.69 Å². The maximum atomic E-state index is 12.2. The number of hydrogen-bond acceptors (Lipinski definition) is 4. The van der Waals surface area contributed by atoms with Gasteiger partial charge >= 0.3 is 0 Å². The fraction of sp³-hybridized carbons (Fsp3) is 0.231. The molecule has 3 N–H and O–H groups in total. The van der Waals surface area contributed by atoms with Gasteiger partial charge in [-0.25, -0.2) is 0 Å². The molecule has 0 spiro atoms. The summed E-state index contributed by atoms with van der Waals surface area (Å²) in [6.07, 6.45) is 1.57. The Morgan fingerprint density at radius 1 is 1.50 bits per heavy atom. The number of anilines is 2. The third kappa shape index (κ3) is 2.70. The van der Waals surface area contributed by atoms with Crippen molar-refractivity contribution in [3.05, 3.63) is 34.6 Å². The summed E-state index contributed by atoms with van der Waals surface area (Å²) in [6, 6.07) is 3.38. The fourth-order valence-electron chi connectivity index (χ4n) is 1.79. The first-order chi connectivity index (χ1) is 9.42. The molecule has 0 unspecified atom stereocenters. The summed E-state index contributed by atoms with van der Waals surface area (Å²) in [5.74, 6) is 0.0755. The molecule has 0 aliphatic rings. The molecule has 20 heavy (non-hydrogen) atoms. The zero-order chi connectivity index (χ0) is 14.9. The number of nitrogens with one attached hydrogen (secondary N) is 1. The second kappa shape index (κ2) is 5.42. The highest BCUT2D eigenvalue weighted by atomic mass is 35.5. The molecule has 0 aliphatic carbocycles. The molecule has 2 rings (SSSR count). The lowest BCUT2D eigenvalue weighted by Gasteiger charge is -2.11. The standard InChI is InChI=1S/C13H15ClN4O2/c1-7-4-10(11(20-3)5-8(7)14)16-13(19)12-9(15)6-18(2)17-12/h4-6H,15H2,1-3H3,(H,16,19). The topological polar surface area (TPSA) is 82.2 Å². The van der Waals surface area contributed by atoms with Crippen molar-refractivity contribution < 1.29 is 9.53 Å². The predicted octanol–water partition coefficient (Wildman–Crippen LogP) is 2.23. The summed E-state index contributed by atoms with van der Waals surface area (Å²) < 4.78 is 6.68. The number of carbonyl (C=O) groups excluding carboxylic acids is 1. The average molecular weight is 295 g/mol. The zero-order valence-electron chi connectivity index (χ0n) is 11.4. The van der Waals surface area contributed by atoms with Gasteiger partial charge < -0.3 is 15.8 Å². The van der Waals surface area contributed by atoms with Crippen molar-refractivity contribution in [1.29, 1.82) is 0 Å². The maximum absolute atomic E-state index is 12.2. The van der Waals surface area contributed by atoms with Gasteiger partial charge in [-0.3, -0.25) is 9.48 Å². The van der Waals surface area contributed by atoms with Crippen LogP contribution in [0.25, 0.3) is 0 Å². The van der Waals surface area contributed by atoms with Crippen LogP contribution < -0.4 is 15.8 Å². The molecule has 0 aliphatic heterocycles. The number of halogens is 1. The number of rotatable bonds is 3. The molecule has 1 amide bonds. The Kier molecular flexibility index (Phi) is 3.85. The lowest BCUT2D eigenvalue weighted by Crippen LogP contribution is -2.15. The Morgan fingerprint density at radius 3 is 2.75 bits per heavy atom. The number of hydrogen-bond donors (Lipinski definition) is 2. The van der Waals surface area contributed by atoms with Gasteiger partial charge in [-0.15, -0.1) is 0 Å². The highest BCUT2D eigenvalue weighted by molar-refractivity contribution is 6.31. The van der Waals surface area contributed by atoms with Crippen LogP contribution in [0, 0.1) is 6.92 Å². The van der Waals surface area contributed by atoms with Gasteiger partial charge in [0.2, 0.25) is 0 Å². The van der Waals surface area contributed by atoms with Crippen molar-refractivity contribution in [1.82, 2.24) is 9.78 Å². The van der Waals surface area contributed by atoms with E-state index in [9.17, 15) is 4.79 Å². The molecule has 0 bridgehead atoms. The first kappa shape index (κ1) is 14.2. The normalized spacial score (nSPS) is 10.4. The summed E-state index contributed by atoms with van der Waals surface area (Å²) in [7, 11) is 3.20. The smallest absolute Gasteiger partial charge is 0.278 e. The monoisotopic (exact) mass is 294 g/mol. The molecule has 1 heterocycles. The van der Waals surface area contributed by atoms with E-state index < -0.39 is 5.91 Å². The molecule has 6 nitrogen and oxygen atoms in total. The molecule has 1 aromatic heterocycles. The number of benzene rings is 1. The van der Waals surface area contributed by atoms with Gasteiger partial charge in [-0.2, -0.15) is 5.10 Å². The van der Waals surface area contributed by atoms with E-state index in [1.54, 1.807) is 25.4 Å². The van der Waals surface area contributed by atoms with Crippen LogP contribution in [0.3, 0.4) is 0 Å². The van der Waals surface area contributed by atoms with Crippen LogP contribution in [0.4, 0.5) is 11.4 Å². The van der Waals surface area contributed by atoms with Crippen LogP contribution >= 0.6 is 11.6 Å². The van der Waals surface area contributed by atoms with Crippen molar-refractivity contribution in [2.24, 2.45) is 7.05 Å². The average Bonchev–Trinajstić information content (AvgIpc) is 2.72. The molecule has 0 atom stereocenters. The van der Waals surface area contributed by atoms with Gasteiger partial charge in [0, 0.05) is 24.3 Å². The van der Waals surface area contributed by atoms with Gasteiger partial charge in [0.25, 0.3) is 5.91 Å². The Hall–Kier alpha value is -2.21. The number of aromatic nitrogens is 2. The van der Waals surface area contributed by atoms with Crippen LogP contribution in [-0.2, 0) is 7.05 Å². The first-order valence-corrected chi connectivity index (χ1v) is 6.24. The summed E-state index contributed by atoms with van der Waals surface area (Å²) >= 11 is 6.02. The van der Waals surface area contributed by atoms with E-state index in [0.717, 1.165) is 5.56 Å². The highest BCUT2D eigenvalue weighted by Gasteiger charge is 2.16. The Morgan fingerprint density at radius 2 is 2.20 bits per heavy atom. The van der Waals surface area contributed by atoms with Gasteiger partial charge in [0.05, 0.1) is 18.5 Å². The minimum absolute atomic E-state index is 0.169. The highest BCUT2D eigenvalue weighted by Crippen LogP contribution is 2.31. The molecule has 0 saturated heterocycles. The third-order valence-corrected chi connectivity index (χ3v) is 3.21. The van der Waals surface area contributed by atoms with Gasteiger partial charge in [-0.1, -0.05) is 11.6 Å². The molecule has 2 aromatic rings. The van der Waals surface area contributed by atoms with Crippen molar-refractivity contribution in [3.8, 4) is 5.75 Å². The van der Waals surface area contributed by atoms with Crippen molar-refractivity contribution in [3.63, 3.8) is 0 Å². The number of nitrogens with zero attached hydrogens (tertiary/aromatic N) is 2. The van der Waals surface area contributed by atoms with Gasteiger partial charge in [0.1, 0.15) is 5.75 Å². The number of aryl methyl sites for hydroxylation is 2. The Balaban J connectivity index is 2.32. The molecule has 0 saturated carbocycles. The maximum Gasteiger partial charge on any atom is 0.278 e. The lowest BCUT2D eigenvalue weighted by atomic mass is 10.2. The number of amides is 1. The predicted molar refractivity (Wildman–Crippen MR) is 78.3 cm³/mol. The summed E-state index contributed by atoms with van der Waals surface area (Å²) in [5, 5.41) is 7.30. The number of nitrogen functional groups attached to an aromatic ring is 1. The van der Waals surface area contributed by atoms with Crippen LogP contribution in [-0.4, -0.2) is 22.8 Å². The number of carbonyl (C=O) groups is 1. The van der Waals surface area contributed by atoms with E-state index >= 15 is 0 Å². The fourth-order valence-corrected chi connectivity index (χ4v) is 1.95. The Labute approximate surface area is 121 Å². The van der Waals surface area contributed by atoms with Crippen LogP contribution in [0.15, 0.2) is 18.3 Å². The van der Waals surface area contributed by atoms with E-state index in [2.05, 4.69) is 10.4 Å². The van der Waals surface area contributed by atoms with Crippen LogP contribution in [0.2, 0.25) is 5.02 Å². The summed E-state index contributed by atoms with van der Waals surface area (Å²) in [4.78, 5) is 12.2. The zero-order valence-corrected chi connectivity index (χ0v) is 12.2. The summed E-state index contributed by atoms with van der Waals surface area (Å²) in [5.41, 5.74) is 7.56. The molecule has 0 radical (unpaired) electrons. The number of ether oxygens (including phenoxy) is 1. The molecule has 1 aromatic carbocycles. The van der Waals surface area contributed by atoms with Crippen molar-refractivity contribution >= 4 is 28.9 Å². The van der Waals surface area contributed by atoms with Crippen LogP contribution in [0.5, 0.6) is 5.75 Å². The summed E-state index contributed by atoms with van der Waals surface area (Å²) in [6.45, 7) is 1.84. The molecule has 7 heteroatoms. The van der Waals surface area contributed by atoms with E-state index in [0.29, 0.717) is 22.1 Å². The minimum atomic E-state index is -0.400. The minimum Gasteiger partial charge on any atom is -0.495 e. The SMILES string of the molecule is COc1cc(Cl)c(C)cc1NC(=O)c1nn(C)cc1N. The second-order valence-corrected chi connectivity index (χ2v) is 4.77. The lowest BCUT2D eigenvalue weighted by molar-refractivity contribution is 0.102. The van der Waals surface area contributed by atoms with E-state index in [1.807, 2.05) is 6.92 Å². The molecule has 0 fully saturated rings. The molecular formula is C13H15ClN4O2. The van der Waals surface area contributed by atoms with Crippen molar-refractivity contribution in [2.45, 2.75) is 6.92 Å². The molecule has 106 valence electrons. The number of nitrogens with two attached hydrogens (primary N) is 1. The largest absolute Gasteiger partial charge is 0.495 e. The first-order valence-electron chi connectivity index (χ1n) is 5.87. The van der Waals surface area contributed by atoms with Gasteiger partial charge in [-0.05, 0) is 18.6 Å². The van der Waals surface area contributed by atoms with Crippen molar-refractivity contribution in [2.75, 3.05) is 18.2 Å². The van der Waals surface area contributed by atoms with E-state index in [1.165, 1.54) is 11.8 Å². The van der Waals surface area contributed by atoms with E-state index in [-0.39, 0.29) is 5.69 Å². The molecular weight excluding hydrogens is 280 g/mol. The Bertz CT molecular complexity index is 667. The quantitative estimate of drug-likeness (QED) is 0.909. The third-order valence-electron chi connectivity index (χ3n) is 2.80. The number of methoxy groups -OCH3 is 1. The van der Waals surface area contributed by atoms with E-state index in [4.69, 9.17) is 22.1 Å². The van der Waals surface area contributed by atoms with Crippen LogP contribution in [0.1, 0.15) is 16.1 Å². The second-order valence-electron chi connectivity index (χ2n) is 4.36.